The average Bonchev–Trinajstić information content (AvgIpc) is 3.00. The Labute approximate surface area is 144 Å². The summed E-state index contributed by atoms with van der Waals surface area (Å²) in [6.45, 7) is 7.46. The molecule has 5 heteroatoms. The molecule has 1 aromatic rings. The monoisotopic (exact) mass is 329 g/mol. The maximum Gasteiger partial charge on any atom is 0.253 e. The first-order valence-corrected chi connectivity index (χ1v) is 9.24. The number of carbonyl (C=O) groups excluding carboxylic acids is 1. The van der Waals surface area contributed by atoms with E-state index >= 15 is 0 Å². The molecule has 1 aromatic carbocycles. The predicted octanol–water partition coefficient (Wildman–Crippen LogP) is 1.59. The van der Waals surface area contributed by atoms with Crippen molar-refractivity contribution in [2.75, 3.05) is 57.4 Å². The summed E-state index contributed by atoms with van der Waals surface area (Å²) in [5.74, 6) is 1.70. The van der Waals surface area contributed by atoms with Crippen molar-refractivity contribution in [3.8, 4) is 0 Å². The van der Waals surface area contributed by atoms with Gasteiger partial charge in [0.1, 0.15) is 0 Å². The summed E-state index contributed by atoms with van der Waals surface area (Å²) in [5, 5.41) is 3.49. The number of fused-ring (bicyclic) bond motifs is 1. The number of likely N-dealkylation sites (tertiary alicyclic amines) is 1. The fourth-order valence-electron chi connectivity index (χ4n) is 4.24. The van der Waals surface area contributed by atoms with Crippen molar-refractivity contribution in [1.82, 2.24) is 10.2 Å². The van der Waals surface area contributed by atoms with Crippen molar-refractivity contribution in [3.05, 3.63) is 29.8 Å². The Balaban J connectivity index is 1.40. The van der Waals surface area contributed by atoms with E-state index in [1.807, 2.05) is 12.1 Å². The maximum absolute atomic E-state index is 12.8. The van der Waals surface area contributed by atoms with E-state index in [0.717, 1.165) is 82.7 Å². The molecule has 3 saturated heterocycles. The lowest BCUT2D eigenvalue weighted by atomic mass is 9.92. The fraction of sp³-hybridized carbons (Fsp3) is 0.632. The number of morpholine rings is 1. The summed E-state index contributed by atoms with van der Waals surface area (Å²) in [4.78, 5) is 17.2. The highest BCUT2D eigenvalue weighted by Crippen LogP contribution is 2.28. The first-order chi connectivity index (χ1) is 11.8. The highest BCUT2D eigenvalue weighted by Gasteiger charge is 2.31. The molecule has 0 aliphatic carbocycles. The molecule has 5 nitrogen and oxygen atoms in total. The molecule has 0 unspecified atom stereocenters. The van der Waals surface area contributed by atoms with E-state index in [4.69, 9.17) is 4.74 Å². The summed E-state index contributed by atoms with van der Waals surface area (Å²) < 4.78 is 5.40. The zero-order chi connectivity index (χ0) is 16.4. The van der Waals surface area contributed by atoms with Crippen LogP contribution in [0.1, 0.15) is 23.2 Å². The Morgan fingerprint density at radius 3 is 2.21 bits per heavy atom. The minimum atomic E-state index is 0.191. The van der Waals surface area contributed by atoms with Crippen molar-refractivity contribution in [2.24, 2.45) is 11.8 Å². The highest BCUT2D eigenvalue weighted by molar-refractivity contribution is 5.94. The van der Waals surface area contributed by atoms with Crippen molar-refractivity contribution >= 4 is 11.6 Å². The number of nitrogens with one attached hydrogen (secondary N) is 1. The lowest BCUT2D eigenvalue weighted by Crippen LogP contribution is -2.36. The SMILES string of the molecule is O=C(c1ccc(N2CCOCC2)cc1)N1CC[C@@H]2CNC[C@@H]2CC1. The van der Waals surface area contributed by atoms with E-state index in [2.05, 4.69) is 27.2 Å². The van der Waals surface area contributed by atoms with Crippen LogP contribution >= 0.6 is 0 Å². The molecule has 1 amide bonds. The summed E-state index contributed by atoms with van der Waals surface area (Å²) in [7, 11) is 0. The summed E-state index contributed by atoms with van der Waals surface area (Å²) in [5.41, 5.74) is 2.00. The lowest BCUT2D eigenvalue weighted by molar-refractivity contribution is 0.0758. The van der Waals surface area contributed by atoms with Crippen molar-refractivity contribution in [3.63, 3.8) is 0 Å². The van der Waals surface area contributed by atoms with Gasteiger partial charge in [-0.25, -0.2) is 0 Å². The predicted molar refractivity (Wildman–Crippen MR) is 94.5 cm³/mol. The van der Waals surface area contributed by atoms with Gasteiger partial charge < -0.3 is 19.9 Å². The molecule has 3 aliphatic heterocycles. The van der Waals surface area contributed by atoms with Crippen molar-refractivity contribution < 1.29 is 9.53 Å². The van der Waals surface area contributed by atoms with Gasteiger partial charge in [-0.1, -0.05) is 0 Å². The zero-order valence-electron chi connectivity index (χ0n) is 14.2. The van der Waals surface area contributed by atoms with Crippen LogP contribution in [-0.4, -0.2) is 63.3 Å². The van der Waals surface area contributed by atoms with Crippen LogP contribution in [-0.2, 0) is 4.74 Å². The molecule has 3 heterocycles. The minimum absolute atomic E-state index is 0.191. The molecule has 0 bridgehead atoms. The third kappa shape index (κ3) is 3.28. The van der Waals surface area contributed by atoms with Crippen LogP contribution in [0.3, 0.4) is 0 Å². The third-order valence-electron chi connectivity index (χ3n) is 5.80. The van der Waals surface area contributed by atoms with Gasteiger partial charge in [0.25, 0.3) is 5.91 Å². The molecule has 1 N–H and O–H groups in total. The quantitative estimate of drug-likeness (QED) is 0.895. The summed E-state index contributed by atoms with van der Waals surface area (Å²) in [6, 6.07) is 8.13. The number of hydrogen-bond donors (Lipinski definition) is 1. The Hall–Kier alpha value is -1.59. The van der Waals surface area contributed by atoms with Crippen molar-refractivity contribution in [2.45, 2.75) is 12.8 Å². The second-order valence-electron chi connectivity index (χ2n) is 7.19. The second kappa shape index (κ2) is 7.11. The topological polar surface area (TPSA) is 44.8 Å². The summed E-state index contributed by atoms with van der Waals surface area (Å²) in [6.07, 6.45) is 2.27. The molecule has 0 aromatic heterocycles. The normalized spacial score (nSPS) is 27.7. The molecular formula is C19H27N3O2. The van der Waals surface area contributed by atoms with Gasteiger partial charge in [0, 0.05) is 37.4 Å². The van der Waals surface area contributed by atoms with Gasteiger partial charge in [-0.2, -0.15) is 0 Å². The lowest BCUT2D eigenvalue weighted by Gasteiger charge is -2.29. The van der Waals surface area contributed by atoms with E-state index in [0.29, 0.717) is 0 Å². The zero-order valence-corrected chi connectivity index (χ0v) is 14.2. The van der Waals surface area contributed by atoms with Crippen LogP contribution in [0.5, 0.6) is 0 Å². The number of ether oxygens (including phenoxy) is 1. The fourth-order valence-corrected chi connectivity index (χ4v) is 4.24. The first kappa shape index (κ1) is 15.9. The van der Waals surface area contributed by atoms with Crippen LogP contribution < -0.4 is 10.2 Å². The van der Waals surface area contributed by atoms with Crippen LogP contribution in [0.15, 0.2) is 24.3 Å². The summed E-state index contributed by atoms with van der Waals surface area (Å²) >= 11 is 0. The van der Waals surface area contributed by atoms with Gasteiger partial charge in [-0.05, 0) is 62.0 Å². The molecule has 3 fully saturated rings. The van der Waals surface area contributed by atoms with Gasteiger partial charge in [-0.3, -0.25) is 4.79 Å². The molecule has 0 saturated carbocycles. The third-order valence-corrected chi connectivity index (χ3v) is 5.80. The Kier molecular flexibility index (Phi) is 4.72. The van der Waals surface area contributed by atoms with Gasteiger partial charge in [0.2, 0.25) is 0 Å². The van der Waals surface area contributed by atoms with E-state index < -0.39 is 0 Å². The minimum Gasteiger partial charge on any atom is -0.378 e. The van der Waals surface area contributed by atoms with Crippen LogP contribution in [0.4, 0.5) is 5.69 Å². The number of nitrogens with zero attached hydrogens (tertiary/aromatic N) is 2. The van der Waals surface area contributed by atoms with Crippen LogP contribution in [0.25, 0.3) is 0 Å². The molecule has 2 atom stereocenters. The van der Waals surface area contributed by atoms with E-state index in [1.165, 1.54) is 5.69 Å². The van der Waals surface area contributed by atoms with E-state index in [-0.39, 0.29) is 5.91 Å². The number of anilines is 1. The van der Waals surface area contributed by atoms with Gasteiger partial charge >= 0.3 is 0 Å². The number of carbonyl (C=O) groups is 1. The number of rotatable bonds is 2. The van der Waals surface area contributed by atoms with Gasteiger partial charge in [0.05, 0.1) is 13.2 Å². The van der Waals surface area contributed by atoms with E-state index in [1.54, 1.807) is 0 Å². The maximum atomic E-state index is 12.8. The van der Waals surface area contributed by atoms with Gasteiger partial charge in [0.15, 0.2) is 0 Å². The average molecular weight is 329 g/mol. The highest BCUT2D eigenvalue weighted by atomic mass is 16.5. The number of hydrogen-bond acceptors (Lipinski definition) is 4. The van der Waals surface area contributed by atoms with Crippen LogP contribution in [0.2, 0.25) is 0 Å². The Morgan fingerprint density at radius 2 is 1.58 bits per heavy atom. The first-order valence-electron chi connectivity index (χ1n) is 9.24. The molecule has 4 rings (SSSR count). The number of amides is 1. The molecule has 3 aliphatic rings. The van der Waals surface area contributed by atoms with Gasteiger partial charge in [-0.15, -0.1) is 0 Å². The van der Waals surface area contributed by atoms with Crippen LogP contribution in [0, 0.1) is 11.8 Å². The molecule has 24 heavy (non-hydrogen) atoms. The molecule has 130 valence electrons. The molecule has 0 radical (unpaired) electrons. The van der Waals surface area contributed by atoms with E-state index in [9.17, 15) is 4.79 Å². The number of benzene rings is 1. The largest absolute Gasteiger partial charge is 0.378 e. The Morgan fingerprint density at radius 1 is 0.958 bits per heavy atom. The van der Waals surface area contributed by atoms with Crippen molar-refractivity contribution in [1.29, 1.82) is 0 Å². The standard InChI is InChI=1S/C19H27N3O2/c23-19(22-7-5-16-13-20-14-17(16)6-8-22)15-1-3-18(4-2-15)21-9-11-24-12-10-21/h1-4,16-17,20H,5-14H2/t16-,17+. The Bertz CT molecular complexity index is 554. The molecular weight excluding hydrogens is 302 g/mol. The smallest absolute Gasteiger partial charge is 0.253 e. The second-order valence-corrected chi connectivity index (χ2v) is 7.19. The molecule has 0 spiro atoms.